The van der Waals surface area contributed by atoms with Crippen molar-refractivity contribution in [2.45, 2.75) is 63.2 Å². The quantitative estimate of drug-likeness (QED) is 0.145. The molecule has 220 valence electrons. The molecule has 5 atom stereocenters. The summed E-state index contributed by atoms with van der Waals surface area (Å²) in [5, 5.41) is 0. The first-order valence-electron chi connectivity index (χ1n) is 14.7. The lowest BCUT2D eigenvalue weighted by Gasteiger charge is -2.46. The summed E-state index contributed by atoms with van der Waals surface area (Å²) in [5.74, 6) is 0.883. The lowest BCUT2D eigenvalue weighted by atomic mass is 9.98. The van der Waals surface area contributed by atoms with E-state index in [1.54, 1.807) is 11.8 Å². The summed E-state index contributed by atoms with van der Waals surface area (Å²) in [6.07, 6.45) is -1.45. The standard InChI is InChI=1S/C36H40O5S/c1-2-42-36-35(40-26-31-21-13-6-14-22-31)34(39-25-30-19-11-5-12-20-30)33(38-24-29-17-9-4-10-18-29)32(41-36)27-37-23-28-15-7-3-8-16-28/h3-22,32-36H,2,23-27H2,1H3/t32-,33-,34+,35-,36+/m1/s1. The molecule has 5 rings (SSSR count). The minimum absolute atomic E-state index is 0.235. The molecule has 0 radical (unpaired) electrons. The fraction of sp³-hybridized carbons (Fsp3) is 0.333. The van der Waals surface area contributed by atoms with Gasteiger partial charge in [-0.2, -0.15) is 0 Å². The van der Waals surface area contributed by atoms with Gasteiger partial charge < -0.3 is 23.7 Å². The summed E-state index contributed by atoms with van der Waals surface area (Å²) in [6, 6.07) is 40.9. The minimum atomic E-state index is -0.404. The van der Waals surface area contributed by atoms with Crippen LogP contribution in [-0.2, 0) is 50.1 Å². The molecule has 5 nitrogen and oxygen atoms in total. The molecule has 1 aliphatic heterocycles. The van der Waals surface area contributed by atoms with Gasteiger partial charge in [0.1, 0.15) is 29.9 Å². The molecule has 1 saturated heterocycles. The van der Waals surface area contributed by atoms with Crippen molar-refractivity contribution in [2.24, 2.45) is 0 Å². The van der Waals surface area contributed by atoms with Gasteiger partial charge in [0.25, 0.3) is 0 Å². The van der Waals surface area contributed by atoms with Crippen molar-refractivity contribution in [1.29, 1.82) is 0 Å². The van der Waals surface area contributed by atoms with Gasteiger partial charge in [-0.05, 0) is 28.0 Å². The second-order valence-electron chi connectivity index (χ2n) is 10.3. The molecule has 0 amide bonds. The molecule has 0 saturated carbocycles. The van der Waals surface area contributed by atoms with Crippen LogP contribution in [0.25, 0.3) is 0 Å². The fourth-order valence-electron chi connectivity index (χ4n) is 5.05. The largest absolute Gasteiger partial charge is 0.374 e. The Kier molecular flexibility index (Phi) is 12.1. The number of hydrogen-bond donors (Lipinski definition) is 0. The van der Waals surface area contributed by atoms with E-state index >= 15 is 0 Å². The van der Waals surface area contributed by atoms with E-state index in [1.807, 2.05) is 72.8 Å². The topological polar surface area (TPSA) is 46.2 Å². The average molecular weight is 585 g/mol. The van der Waals surface area contributed by atoms with Crippen LogP contribution in [0.1, 0.15) is 29.2 Å². The van der Waals surface area contributed by atoms with E-state index in [4.69, 9.17) is 23.7 Å². The predicted molar refractivity (Wildman–Crippen MR) is 168 cm³/mol. The number of hydrogen-bond acceptors (Lipinski definition) is 6. The summed E-state index contributed by atoms with van der Waals surface area (Å²) in [7, 11) is 0. The van der Waals surface area contributed by atoms with Gasteiger partial charge in [-0.25, -0.2) is 0 Å². The SMILES string of the molecule is CCS[C@@H]1O[C@H](COCc2ccccc2)[C@@H](OCc2ccccc2)[C@H](OCc2ccccc2)[C@H]1OCc1ccccc1. The molecule has 1 fully saturated rings. The first kappa shape index (κ1) is 30.5. The van der Waals surface area contributed by atoms with Crippen LogP contribution < -0.4 is 0 Å². The smallest absolute Gasteiger partial charge is 0.132 e. The maximum Gasteiger partial charge on any atom is 0.132 e. The molecule has 1 aliphatic rings. The van der Waals surface area contributed by atoms with E-state index in [2.05, 4.69) is 55.5 Å². The summed E-state index contributed by atoms with van der Waals surface area (Å²) in [5.41, 5.74) is 4.19. The molecular formula is C36H40O5S. The molecule has 0 spiro atoms. The summed E-state index contributed by atoms with van der Waals surface area (Å²) < 4.78 is 33.1. The number of rotatable bonds is 15. The van der Waals surface area contributed by atoms with E-state index in [1.165, 1.54) is 0 Å². The molecule has 0 aliphatic carbocycles. The van der Waals surface area contributed by atoms with E-state index in [0.717, 1.165) is 28.0 Å². The maximum atomic E-state index is 6.76. The van der Waals surface area contributed by atoms with Crippen LogP contribution in [0, 0.1) is 0 Å². The maximum absolute atomic E-state index is 6.76. The van der Waals surface area contributed by atoms with E-state index in [-0.39, 0.29) is 23.7 Å². The van der Waals surface area contributed by atoms with Crippen molar-refractivity contribution < 1.29 is 23.7 Å². The highest BCUT2D eigenvalue weighted by atomic mass is 32.2. The van der Waals surface area contributed by atoms with E-state index < -0.39 is 6.10 Å². The first-order valence-corrected chi connectivity index (χ1v) is 15.7. The zero-order valence-electron chi connectivity index (χ0n) is 24.1. The van der Waals surface area contributed by atoms with Crippen LogP contribution in [-0.4, -0.2) is 42.2 Å². The second kappa shape index (κ2) is 16.6. The Morgan fingerprint density at radius 1 is 0.524 bits per heavy atom. The zero-order chi connectivity index (χ0) is 28.8. The average Bonchev–Trinajstić information content (AvgIpc) is 3.05. The van der Waals surface area contributed by atoms with E-state index in [0.29, 0.717) is 33.0 Å². The van der Waals surface area contributed by atoms with Crippen molar-refractivity contribution >= 4 is 11.8 Å². The Hall–Kier alpha value is -2.97. The van der Waals surface area contributed by atoms with Gasteiger partial charge in [-0.3, -0.25) is 0 Å². The third kappa shape index (κ3) is 9.01. The van der Waals surface area contributed by atoms with Gasteiger partial charge in [0.2, 0.25) is 0 Å². The second-order valence-corrected chi connectivity index (χ2v) is 11.7. The van der Waals surface area contributed by atoms with E-state index in [9.17, 15) is 0 Å². The highest BCUT2D eigenvalue weighted by Gasteiger charge is 2.48. The van der Waals surface area contributed by atoms with Gasteiger partial charge in [0.15, 0.2) is 0 Å². The molecule has 6 heteroatoms. The third-order valence-electron chi connectivity index (χ3n) is 7.17. The lowest BCUT2D eigenvalue weighted by molar-refractivity contribution is -0.254. The Bertz CT molecular complexity index is 1280. The molecular weight excluding hydrogens is 544 g/mol. The van der Waals surface area contributed by atoms with Crippen molar-refractivity contribution in [1.82, 2.24) is 0 Å². The Morgan fingerprint density at radius 3 is 1.38 bits per heavy atom. The molecule has 42 heavy (non-hydrogen) atoms. The normalized spacial score (nSPS) is 22.2. The summed E-state index contributed by atoms with van der Waals surface area (Å²) in [6.45, 7) is 4.37. The summed E-state index contributed by atoms with van der Waals surface area (Å²) in [4.78, 5) is 0. The Labute approximate surface area is 254 Å². The van der Waals surface area contributed by atoms with Crippen LogP contribution in [0.2, 0.25) is 0 Å². The number of thioether (sulfide) groups is 1. The minimum Gasteiger partial charge on any atom is -0.374 e. The van der Waals surface area contributed by atoms with Crippen LogP contribution in [0.4, 0.5) is 0 Å². The van der Waals surface area contributed by atoms with Gasteiger partial charge in [0.05, 0.1) is 33.0 Å². The van der Waals surface area contributed by atoms with Crippen LogP contribution >= 0.6 is 11.8 Å². The molecule has 0 unspecified atom stereocenters. The first-order chi connectivity index (χ1) is 20.8. The van der Waals surface area contributed by atoms with Crippen LogP contribution in [0.5, 0.6) is 0 Å². The van der Waals surface area contributed by atoms with Crippen molar-refractivity contribution in [3.05, 3.63) is 144 Å². The monoisotopic (exact) mass is 584 g/mol. The fourth-order valence-corrected chi connectivity index (χ4v) is 6.02. The molecule has 0 aromatic heterocycles. The summed E-state index contributed by atoms with van der Waals surface area (Å²) >= 11 is 1.73. The molecule has 1 heterocycles. The van der Waals surface area contributed by atoms with Gasteiger partial charge in [-0.1, -0.05) is 128 Å². The number of ether oxygens (including phenoxy) is 5. The molecule has 0 N–H and O–H groups in total. The van der Waals surface area contributed by atoms with Gasteiger partial charge in [-0.15, -0.1) is 11.8 Å². The van der Waals surface area contributed by atoms with Crippen molar-refractivity contribution in [2.75, 3.05) is 12.4 Å². The van der Waals surface area contributed by atoms with Gasteiger partial charge >= 0.3 is 0 Å². The van der Waals surface area contributed by atoms with Crippen molar-refractivity contribution in [3.8, 4) is 0 Å². The van der Waals surface area contributed by atoms with Crippen molar-refractivity contribution in [3.63, 3.8) is 0 Å². The zero-order valence-corrected chi connectivity index (χ0v) is 24.9. The Balaban J connectivity index is 1.40. The van der Waals surface area contributed by atoms with Crippen LogP contribution in [0.15, 0.2) is 121 Å². The van der Waals surface area contributed by atoms with Crippen LogP contribution in [0.3, 0.4) is 0 Å². The molecule has 4 aromatic carbocycles. The lowest BCUT2D eigenvalue weighted by Crippen LogP contribution is -2.60. The molecule has 0 bridgehead atoms. The third-order valence-corrected chi connectivity index (χ3v) is 8.21. The highest BCUT2D eigenvalue weighted by Crippen LogP contribution is 2.35. The number of benzene rings is 4. The highest BCUT2D eigenvalue weighted by molar-refractivity contribution is 7.99. The predicted octanol–water partition coefficient (Wildman–Crippen LogP) is 7.44. The molecule has 4 aromatic rings. The van der Waals surface area contributed by atoms with Gasteiger partial charge in [0, 0.05) is 0 Å². The Morgan fingerprint density at radius 2 is 0.929 bits per heavy atom.